The van der Waals surface area contributed by atoms with E-state index in [1.807, 2.05) is 13.8 Å². The summed E-state index contributed by atoms with van der Waals surface area (Å²) in [6.45, 7) is 3.49. The maximum Gasteiger partial charge on any atom is 0.343 e. The molecule has 1 aromatic rings. The Balaban J connectivity index is 2.18. The van der Waals surface area contributed by atoms with E-state index in [4.69, 9.17) is 9.52 Å². The summed E-state index contributed by atoms with van der Waals surface area (Å²) >= 11 is 0. The molecule has 5 nitrogen and oxygen atoms in total. The van der Waals surface area contributed by atoms with Gasteiger partial charge in [-0.2, -0.15) is 0 Å². The van der Waals surface area contributed by atoms with Gasteiger partial charge >= 0.3 is 5.97 Å². The van der Waals surface area contributed by atoms with Gasteiger partial charge in [-0.05, 0) is 12.0 Å². The van der Waals surface area contributed by atoms with Crippen LogP contribution in [0.5, 0.6) is 0 Å². The molecular weight excluding hydrogens is 253 g/mol. The van der Waals surface area contributed by atoms with Crippen molar-refractivity contribution in [1.29, 1.82) is 0 Å². The number of hydrogen-bond acceptors (Lipinski definition) is 3. The molecule has 6 heteroatoms. The first kappa shape index (κ1) is 13.6. The van der Waals surface area contributed by atoms with Gasteiger partial charge in [0.15, 0.2) is 5.76 Å². The molecule has 0 spiro atoms. The molecule has 1 aromatic heterocycles. The minimum absolute atomic E-state index is 0.0832. The molecule has 1 fully saturated rings. The van der Waals surface area contributed by atoms with E-state index in [-0.39, 0.29) is 24.6 Å². The lowest BCUT2D eigenvalue weighted by molar-refractivity contribution is -0.149. The predicted octanol–water partition coefficient (Wildman–Crippen LogP) is 2.04. The van der Waals surface area contributed by atoms with Crippen LogP contribution in [0.15, 0.2) is 16.7 Å². The molecule has 104 valence electrons. The fourth-order valence-corrected chi connectivity index (χ4v) is 2.21. The third-order valence-electron chi connectivity index (χ3n) is 3.40. The quantitative estimate of drug-likeness (QED) is 0.911. The summed E-state index contributed by atoms with van der Waals surface area (Å²) in [6.07, 6.45) is 1.23. The summed E-state index contributed by atoms with van der Waals surface area (Å²) in [5.74, 6) is -1.69. The van der Waals surface area contributed by atoms with Crippen LogP contribution in [-0.2, 0) is 4.79 Å². The number of rotatable bonds is 3. The Bertz CT molecular complexity index is 510. The van der Waals surface area contributed by atoms with Crippen molar-refractivity contribution >= 4 is 11.9 Å². The van der Waals surface area contributed by atoms with E-state index < -0.39 is 24.1 Å². The Hall–Kier alpha value is -1.85. The van der Waals surface area contributed by atoms with Gasteiger partial charge in [0.25, 0.3) is 5.91 Å². The topological polar surface area (TPSA) is 70.8 Å². The first-order chi connectivity index (χ1) is 8.85. The highest BCUT2D eigenvalue weighted by molar-refractivity contribution is 5.94. The molecule has 2 heterocycles. The van der Waals surface area contributed by atoms with Crippen molar-refractivity contribution in [3.05, 3.63) is 23.7 Å². The van der Waals surface area contributed by atoms with Crippen molar-refractivity contribution in [2.75, 3.05) is 13.1 Å². The molecule has 0 bridgehead atoms. The van der Waals surface area contributed by atoms with Gasteiger partial charge in [0.05, 0.1) is 12.8 Å². The van der Waals surface area contributed by atoms with Gasteiger partial charge < -0.3 is 14.4 Å². The van der Waals surface area contributed by atoms with Crippen molar-refractivity contribution < 1.29 is 23.5 Å². The molecular formula is C13H16FNO4. The number of hydrogen-bond donors (Lipinski definition) is 1. The second-order valence-electron chi connectivity index (χ2n) is 5.11. The van der Waals surface area contributed by atoms with Gasteiger partial charge in [-0.1, -0.05) is 13.8 Å². The Morgan fingerprint density at radius 1 is 1.53 bits per heavy atom. The molecule has 19 heavy (non-hydrogen) atoms. The number of carbonyl (C=O) groups excluding carboxylic acids is 1. The molecule has 1 saturated heterocycles. The molecule has 0 aliphatic carbocycles. The molecule has 1 atom stereocenters. The average molecular weight is 269 g/mol. The minimum Gasteiger partial charge on any atom is -0.479 e. The highest BCUT2D eigenvalue weighted by Gasteiger charge is 2.47. The predicted molar refractivity (Wildman–Crippen MR) is 64.8 cm³/mol. The number of amides is 1. The van der Waals surface area contributed by atoms with E-state index in [1.165, 1.54) is 11.2 Å². The SMILES string of the molecule is CC(C)c1ccoc1C(=O)N1CCC(F)(C(=O)O)C1. The molecule has 2 rings (SSSR count). The van der Waals surface area contributed by atoms with Crippen molar-refractivity contribution in [2.24, 2.45) is 0 Å². The Morgan fingerprint density at radius 3 is 2.74 bits per heavy atom. The first-order valence-electron chi connectivity index (χ1n) is 6.14. The standard InChI is InChI=1S/C13H16FNO4/c1-8(2)9-3-6-19-10(9)11(16)15-5-4-13(14,7-15)12(17)18/h3,6,8H,4-5,7H2,1-2H3,(H,17,18). The third-order valence-corrected chi connectivity index (χ3v) is 3.40. The number of halogens is 1. The van der Waals surface area contributed by atoms with Crippen LogP contribution in [0.25, 0.3) is 0 Å². The minimum atomic E-state index is -2.35. The number of furan rings is 1. The number of carbonyl (C=O) groups is 2. The van der Waals surface area contributed by atoms with Crippen LogP contribution in [0, 0.1) is 0 Å². The smallest absolute Gasteiger partial charge is 0.343 e. The van der Waals surface area contributed by atoms with Crippen molar-refractivity contribution in [2.45, 2.75) is 31.9 Å². The number of carboxylic acids is 1. The number of aliphatic carboxylic acids is 1. The summed E-state index contributed by atoms with van der Waals surface area (Å²) in [4.78, 5) is 24.2. The summed E-state index contributed by atoms with van der Waals surface area (Å²) in [6, 6.07) is 1.70. The summed E-state index contributed by atoms with van der Waals surface area (Å²) in [7, 11) is 0. The first-order valence-corrected chi connectivity index (χ1v) is 6.14. The van der Waals surface area contributed by atoms with E-state index in [0.29, 0.717) is 0 Å². The van der Waals surface area contributed by atoms with Gasteiger partial charge in [0, 0.05) is 18.5 Å². The van der Waals surface area contributed by atoms with Crippen LogP contribution in [0.2, 0.25) is 0 Å². The van der Waals surface area contributed by atoms with Gasteiger partial charge in [-0.25, -0.2) is 9.18 Å². The molecule has 1 aliphatic rings. The molecule has 1 amide bonds. The van der Waals surface area contributed by atoms with Crippen LogP contribution in [-0.4, -0.2) is 40.6 Å². The monoisotopic (exact) mass is 269 g/mol. The second-order valence-corrected chi connectivity index (χ2v) is 5.11. The average Bonchev–Trinajstić information content (AvgIpc) is 2.95. The van der Waals surface area contributed by atoms with E-state index >= 15 is 0 Å². The Kier molecular flexibility index (Phi) is 3.34. The largest absolute Gasteiger partial charge is 0.479 e. The molecule has 1 N–H and O–H groups in total. The second kappa shape index (κ2) is 4.68. The molecule has 1 unspecified atom stereocenters. The van der Waals surface area contributed by atoms with Crippen LogP contribution < -0.4 is 0 Å². The fourth-order valence-electron chi connectivity index (χ4n) is 2.21. The zero-order valence-corrected chi connectivity index (χ0v) is 10.9. The lowest BCUT2D eigenvalue weighted by Gasteiger charge is -2.17. The van der Waals surface area contributed by atoms with Gasteiger partial charge in [0.1, 0.15) is 0 Å². The number of nitrogens with zero attached hydrogens (tertiary/aromatic N) is 1. The summed E-state index contributed by atoms with van der Waals surface area (Å²) in [5.41, 5.74) is -1.60. The zero-order chi connectivity index (χ0) is 14.2. The zero-order valence-electron chi connectivity index (χ0n) is 10.9. The number of alkyl halides is 1. The van der Waals surface area contributed by atoms with E-state index in [1.54, 1.807) is 6.07 Å². The summed E-state index contributed by atoms with van der Waals surface area (Å²) < 4.78 is 19.1. The van der Waals surface area contributed by atoms with Crippen molar-refractivity contribution in [3.8, 4) is 0 Å². The fraction of sp³-hybridized carbons (Fsp3) is 0.538. The van der Waals surface area contributed by atoms with E-state index in [2.05, 4.69) is 0 Å². The molecule has 1 aliphatic heterocycles. The normalized spacial score (nSPS) is 23.1. The summed E-state index contributed by atoms with van der Waals surface area (Å²) in [5, 5.41) is 8.81. The van der Waals surface area contributed by atoms with Gasteiger partial charge in [-0.15, -0.1) is 0 Å². The third kappa shape index (κ3) is 2.34. The van der Waals surface area contributed by atoms with Crippen LogP contribution >= 0.6 is 0 Å². The number of carboxylic acid groups (broad SMARTS) is 1. The molecule has 0 aromatic carbocycles. The van der Waals surface area contributed by atoms with Crippen molar-refractivity contribution in [1.82, 2.24) is 4.90 Å². The highest BCUT2D eigenvalue weighted by atomic mass is 19.1. The molecule has 0 radical (unpaired) electrons. The van der Waals surface area contributed by atoms with Crippen LogP contribution in [0.4, 0.5) is 4.39 Å². The maximum atomic E-state index is 13.9. The van der Waals surface area contributed by atoms with E-state index in [9.17, 15) is 14.0 Å². The van der Waals surface area contributed by atoms with E-state index in [0.717, 1.165) is 5.56 Å². The molecule has 0 saturated carbocycles. The van der Waals surface area contributed by atoms with Crippen molar-refractivity contribution in [3.63, 3.8) is 0 Å². The van der Waals surface area contributed by atoms with Crippen LogP contribution in [0.3, 0.4) is 0 Å². The van der Waals surface area contributed by atoms with Crippen LogP contribution in [0.1, 0.15) is 42.3 Å². The lowest BCUT2D eigenvalue weighted by atomic mass is 10.0. The lowest BCUT2D eigenvalue weighted by Crippen LogP contribution is -2.39. The van der Waals surface area contributed by atoms with Gasteiger partial charge in [-0.3, -0.25) is 4.79 Å². The highest BCUT2D eigenvalue weighted by Crippen LogP contribution is 2.29. The maximum absolute atomic E-state index is 13.9. The Morgan fingerprint density at radius 2 is 2.21 bits per heavy atom. The van der Waals surface area contributed by atoms with Gasteiger partial charge in [0.2, 0.25) is 5.67 Å². The number of likely N-dealkylation sites (tertiary alicyclic amines) is 1. The Labute approximate surface area is 110 Å².